The number of nitrogens with one attached hydrogen (secondary N) is 1. The van der Waals surface area contributed by atoms with Crippen molar-refractivity contribution in [1.29, 1.82) is 0 Å². The number of halogens is 1. The predicted molar refractivity (Wildman–Crippen MR) is 104 cm³/mol. The number of para-hydroxylation sites is 1. The molecule has 0 radical (unpaired) electrons. The van der Waals surface area contributed by atoms with E-state index in [1.54, 1.807) is 48.5 Å². The average Bonchev–Trinajstić information content (AvgIpc) is 2.60. The summed E-state index contributed by atoms with van der Waals surface area (Å²) in [5.41, 5.74) is 1.03. The topological polar surface area (TPSA) is 75.7 Å². The number of ether oxygens (including phenoxy) is 1. The molecule has 26 heavy (non-hydrogen) atoms. The smallest absolute Gasteiger partial charge is 0.265 e. The minimum Gasteiger partial charge on any atom is -0.481 e. The van der Waals surface area contributed by atoms with Crippen molar-refractivity contribution in [2.24, 2.45) is 0 Å². The molecular formula is C18H21ClN2O4S. The van der Waals surface area contributed by atoms with Gasteiger partial charge in [0.1, 0.15) is 5.75 Å². The minimum absolute atomic E-state index is 0.307. The van der Waals surface area contributed by atoms with Gasteiger partial charge in [-0.3, -0.25) is 9.10 Å². The zero-order chi connectivity index (χ0) is 19.3. The Balaban J connectivity index is 2.07. The maximum absolute atomic E-state index is 12.4. The molecular weight excluding hydrogens is 376 g/mol. The molecule has 0 aliphatic rings. The molecule has 2 aromatic rings. The van der Waals surface area contributed by atoms with E-state index in [1.165, 1.54) is 7.05 Å². The van der Waals surface area contributed by atoms with E-state index in [0.717, 1.165) is 10.6 Å². The van der Waals surface area contributed by atoms with Gasteiger partial charge in [0, 0.05) is 7.05 Å². The number of anilines is 2. The highest BCUT2D eigenvalue weighted by atomic mass is 35.5. The van der Waals surface area contributed by atoms with Crippen LogP contribution in [-0.2, 0) is 14.8 Å². The molecule has 6 nitrogen and oxygen atoms in total. The number of hydrogen-bond acceptors (Lipinski definition) is 4. The fraction of sp³-hybridized carbons (Fsp3) is 0.278. The Bertz CT molecular complexity index is 869. The summed E-state index contributed by atoms with van der Waals surface area (Å²) >= 11 is 6.05. The van der Waals surface area contributed by atoms with E-state index in [2.05, 4.69) is 5.32 Å². The Morgan fingerprint density at radius 2 is 1.81 bits per heavy atom. The Morgan fingerprint density at radius 1 is 1.19 bits per heavy atom. The zero-order valence-corrected chi connectivity index (χ0v) is 16.3. The molecule has 8 heteroatoms. The highest BCUT2D eigenvalue weighted by molar-refractivity contribution is 7.92. The van der Waals surface area contributed by atoms with Crippen LogP contribution in [0.3, 0.4) is 0 Å². The van der Waals surface area contributed by atoms with Gasteiger partial charge in [0.25, 0.3) is 5.91 Å². The number of hydrogen-bond donors (Lipinski definition) is 1. The minimum atomic E-state index is -3.33. The van der Waals surface area contributed by atoms with Gasteiger partial charge >= 0.3 is 0 Å². The van der Waals surface area contributed by atoms with Crippen molar-refractivity contribution in [3.05, 3.63) is 53.6 Å². The lowest BCUT2D eigenvalue weighted by atomic mass is 10.2. The third-order valence-corrected chi connectivity index (χ3v) is 5.31. The lowest BCUT2D eigenvalue weighted by Gasteiger charge is -2.19. The van der Waals surface area contributed by atoms with Crippen LogP contribution in [0.2, 0.25) is 5.02 Å². The molecule has 0 aromatic heterocycles. The Labute approximate surface area is 158 Å². The van der Waals surface area contributed by atoms with Crippen LogP contribution in [0.4, 0.5) is 11.4 Å². The first-order valence-electron chi connectivity index (χ1n) is 7.98. The second-order valence-electron chi connectivity index (χ2n) is 5.71. The van der Waals surface area contributed by atoms with Crippen LogP contribution in [0.25, 0.3) is 0 Å². The Kier molecular flexibility index (Phi) is 6.50. The zero-order valence-electron chi connectivity index (χ0n) is 14.8. The van der Waals surface area contributed by atoms with Crippen molar-refractivity contribution >= 4 is 38.9 Å². The third-order valence-electron chi connectivity index (χ3n) is 3.77. The number of carbonyl (C=O) groups excluding carboxylic acids is 1. The lowest BCUT2D eigenvalue weighted by molar-refractivity contribution is -0.122. The van der Waals surface area contributed by atoms with Gasteiger partial charge in [0.15, 0.2) is 6.10 Å². The number of sulfonamides is 1. The van der Waals surface area contributed by atoms with Crippen molar-refractivity contribution in [3.63, 3.8) is 0 Å². The van der Waals surface area contributed by atoms with Gasteiger partial charge in [0.05, 0.1) is 22.7 Å². The first-order valence-corrected chi connectivity index (χ1v) is 10.2. The summed E-state index contributed by atoms with van der Waals surface area (Å²) in [5.74, 6) is 0.162. The van der Waals surface area contributed by atoms with Crippen LogP contribution in [0, 0.1) is 0 Å². The van der Waals surface area contributed by atoms with E-state index >= 15 is 0 Å². The quantitative estimate of drug-likeness (QED) is 0.776. The first-order chi connectivity index (χ1) is 12.2. The maximum atomic E-state index is 12.4. The molecule has 0 fully saturated rings. The SMILES string of the molecule is CCC(Oc1ccc(N(C)S(C)(=O)=O)cc1)C(=O)Nc1ccccc1Cl. The fourth-order valence-corrected chi connectivity index (χ4v) is 2.88. The van der Waals surface area contributed by atoms with Gasteiger partial charge in [-0.1, -0.05) is 30.7 Å². The summed E-state index contributed by atoms with van der Waals surface area (Å²) in [5, 5.41) is 3.20. The highest BCUT2D eigenvalue weighted by Gasteiger charge is 2.20. The number of amides is 1. The van der Waals surface area contributed by atoms with Crippen LogP contribution < -0.4 is 14.4 Å². The molecule has 0 bridgehead atoms. The summed E-state index contributed by atoms with van der Waals surface area (Å²) in [4.78, 5) is 12.4. The van der Waals surface area contributed by atoms with E-state index in [9.17, 15) is 13.2 Å². The molecule has 0 heterocycles. The number of nitrogens with zero attached hydrogens (tertiary/aromatic N) is 1. The lowest BCUT2D eigenvalue weighted by Crippen LogP contribution is -2.32. The van der Waals surface area contributed by atoms with Gasteiger partial charge in [-0.05, 0) is 42.8 Å². The van der Waals surface area contributed by atoms with Crippen molar-refractivity contribution in [2.45, 2.75) is 19.4 Å². The van der Waals surface area contributed by atoms with Crippen molar-refractivity contribution in [2.75, 3.05) is 22.9 Å². The molecule has 0 aliphatic heterocycles. The molecule has 0 saturated carbocycles. The van der Waals surface area contributed by atoms with Crippen LogP contribution in [0.5, 0.6) is 5.75 Å². The van der Waals surface area contributed by atoms with Gasteiger partial charge in [-0.15, -0.1) is 0 Å². The number of rotatable bonds is 7. The van der Waals surface area contributed by atoms with Gasteiger partial charge in [0.2, 0.25) is 10.0 Å². The maximum Gasteiger partial charge on any atom is 0.265 e. The largest absolute Gasteiger partial charge is 0.481 e. The second kappa shape index (κ2) is 8.42. The molecule has 1 unspecified atom stereocenters. The molecule has 2 rings (SSSR count). The summed E-state index contributed by atoms with van der Waals surface area (Å²) in [7, 11) is -1.86. The van der Waals surface area contributed by atoms with E-state index < -0.39 is 16.1 Å². The van der Waals surface area contributed by atoms with Crippen molar-refractivity contribution < 1.29 is 17.9 Å². The molecule has 1 N–H and O–H groups in total. The molecule has 140 valence electrons. The predicted octanol–water partition coefficient (Wildman–Crippen LogP) is 3.53. The van der Waals surface area contributed by atoms with Gasteiger partial charge < -0.3 is 10.1 Å². The summed E-state index contributed by atoms with van der Waals surface area (Å²) in [6.07, 6.45) is 0.884. The normalized spacial score (nSPS) is 12.3. The molecule has 2 aromatic carbocycles. The summed E-state index contributed by atoms with van der Waals surface area (Å²) < 4.78 is 30.0. The summed E-state index contributed by atoms with van der Waals surface area (Å²) in [6, 6.07) is 13.5. The van der Waals surface area contributed by atoms with Crippen molar-refractivity contribution in [1.82, 2.24) is 0 Å². The van der Waals surface area contributed by atoms with E-state index in [4.69, 9.17) is 16.3 Å². The van der Waals surface area contributed by atoms with E-state index in [1.807, 2.05) is 6.92 Å². The van der Waals surface area contributed by atoms with E-state index in [-0.39, 0.29) is 5.91 Å². The Morgan fingerprint density at radius 3 is 2.35 bits per heavy atom. The summed E-state index contributed by atoms with van der Waals surface area (Å²) in [6.45, 7) is 1.84. The van der Waals surface area contributed by atoms with Crippen LogP contribution in [0.1, 0.15) is 13.3 Å². The van der Waals surface area contributed by atoms with Crippen LogP contribution in [0.15, 0.2) is 48.5 Å². The molecule has 1 atom stereocenters. The first kappa shape index (κ1) is 20.1. The van der Waals surface area contributed by atoms with Crippen molar-refractivity contribution in [3.8, 4) is 5.75 Å². The van der Waals surface area contributed by atoms with Crippen LogP contribution >= 0.6 is 11.6 Å². The Hall–Kier alpha value is -2.25. The molecule has 0 spiro atoms. The molecule has 0 saturated heterocycles. The highest BCUT2D eigenvalue weighted by Crippen LogP contribution is 2.23. The monoisotopic (exact) mass is 396 g/mol. The second-order valence-corrected chi connectivity index (χ2v) is 8.13. The van der Waals surface area contributed by atoms with Gasteiger partial charge in [-0.2, -0.15) is 0 Å². The van der Waals surface area contributed by atoms with Crippen LogP contribution in [-0.4, -0.2) is 33.7 Å². The van der Waals surface area contributed by atoms with E-state index in [0.29, 0.717) is 28.6 Å². The standard InChI is InChI=1S/C18H21ClN2O4S/c1-4-17(18(22)20-16-8-6-5-7-15(16)19)25-14-11-9-13(10-12-14)21(2)26(3,23)24/h5-12,17H,4H2,1-3H3,(H,20,22). The molecule has 0 aliphatic carbocycles. The number of benzene rings is 2. The average molecular weight is 397 g/mol. The van der Waals surface area contributed by atoms with Gasteiger partial charge in [-0.25, -0.2) is 8.42 Å². The molecule has 1 amide bonds. The third kappa shape index (κ3) is 5.12. The number of carbonyl (C=O) groups is 1. The fourth-order valence-electron chi connectivity index (χ4n) is 2.19.